The third-order valence-corrected chi connectivity index (χ3v) is 7.67. The number of amides is 1. The summed E-state index contributed by atoms with van der Waals surface area (Å²) in [5.74, 6) is 2.75. The number of nitrogens with one attached hydrogen (secondary N) is 4. The lowest BCUT2D eigenvalue weighted by Gasteiger charge is -2.24. The number of pyridine rings is 1. The zero-order valence-corrected chi connectivity index (χ0v) is 23.8. The SMILES string of the molecule is C#Cc1cnc2c(C#N)cc(N[C@H](C3=CN(C4CC4)NN3)c3cccc4c3C(=O)N(C)C4)cc2c1NCC(C)(C)C. The van der Waals surface area contributed by atoms with Crippen LogP contribution in [0.2, 0.25) is 0 Å². The van der Waals surface area contributed by atoms with E-state index < -0.39 is 6.04 Å². The molecule has 3 heterocycles. The van der Waals surface area contributed by atoms with Crippen molar-refractivity contribution in [2.75, 3.05) is 24.2 Å². The molecule has 1 aliphatic carbocycles. The number of anilines is 2. The van der Waals surface area contributed by atoms with Crippen molar-refractivity contribution in [3.63, 3.8) is 0 Å². The molecule has 0 bridgehead atoms. The average molecular weight is 547 g/mol. The molecule has 0 spiro atoms. The summed E-state index contributed by atoms with van der Waals surface area (Å²) in [5, 5.41) is 20.2. The molecule has 1 atom stereocenters. The first kappa shape index (κ1) is 26.5. The number of nitrogens with zero attached hydrogens (tertiary/aromatic N) is 4. The largest absolute Gasteiger partial charge is 0.383 e. The van der Waals surface area contributed by atoms with Crippen molar-refractivity contribution in [3.8, 4) is 18.4 Å². The van der Waals surface area contributed by atoms with Crippen molar-refractivity contribution in [1.29, 1.82) is 5.26 Å². The van der Waals surface area contributed by atoms with Crippen molar-refractivity contribution < 1.29 is 4.79 Å². The third kappa shape index (κ3) is 5.01. The van der Waals surface area contributed by atoms with Gasteiger partial charge in [-0.1, -0.05) is 44.9 Å². The van der Waals surface area contributed by atoms with Crippen molar-refractivity contribution in [2.24, 2.45) is 5.41 Å². The number of terminal acetylenes is 1. The summed E-state index contributed by atoms with van der Waals surface area (Å²) in [6, 6.07) is 12.2. The van der Waals surface area contributed by atoms with Gasteiger partial charge < -0.3 is 21.0 Å². The molecule has 3 aromatic rings. The second kappa shape index (κ2) is 10.0. The number of carbonyl (C=O) groups is 1. The zero-order valence-electron chi connectivity index (χ0n) is 23.8. The number of aromatic nitrogens is 1. The van der Waals surface area contributed by atoms with Crippen LogP contribution in [0.25, 0.3) is 10.9 Å². The Kier molecular flexibility index (Phi) is 6.48. The first-order chi connectivity index (χ1) is 19.7. The van der Waals surface area contributed by atoms with Crippen molar-refractivity contribution in [3.05, 3.63) is 76.2 Å². The lowest BCUT2D eigenvalue weighted by molar-refractivity contribution is 0.0815. The van der Waals surface area contributed by atoms with Gasteiger partial charge in [0.05, 0.1) is 39.6 Å². The standard InChI is InChI=1S/C32H34N8O/c1-6-19-15-34-29-21(14-33)12-22(13-25(29)28(19)35-18-32(2,3)4)36-30(26-17-40(38-37-26)23-10-11-23)24-9-7-8-20-16-39(5)31(41)27(20)24/h1,7-9,12-13,15,17,23,30,36-38H,10-11,16,18H2,2-5H3,(H,34,35)/t30-/m0/s1. The molecule has 41 heavy (non-hydrogen) atoms. The normalized spacial score (nSPS) is 17.0. The quantitative estimate of drug-likeness (QED) is 0.318. The van der Waals surface area contributed by atoms with Gasteiger partial charge in [-0.3, -0.25) is 14.8 Å². The van der Waals surface area contributed by atoms with Gasteiger partial charge in [-0.25, -0.2) is 0 Å². The molecule has 0 radical (unpaired) electrons. The Bertz CT molecular complexity index is 1670. The van der Waals surface area contributed by atoms with E-state index in [1.807, 2.05) is 37.4 Å². The van der Waals surface area contributed by atoms with Gasteiger partial charge >= 0.3 is 0 Å². The highest BCUT2D eigenvalue weighted by molar-refractivity contribution is 6.01. The number of benzene rings is 2. The van der Waals surface area contributed by atoms with Gasteiger partial charge in [0.1, 0.15) is 6.07 Å². The molecule has 1 aromatic heterocycles. The van der Waals surface area contributed by atoms with E-state index in [4.69, 9.17) is 6.42 Å². The van der Waals surface area contributed by atoms with E-state index in [2.05, 4.69) is 70.5 Å². The Balaban J connectivity index is 1.48. The zero-order chi connectivity index (χ0) is 28.9. The van der Waals surface area contributed by atoms with Crippen molar-refractivity contribution in [2.45, 2.75) is 52.2 Å². The second-order valence-electron chi connectivity index (χ2n) is 12.2. The van der Waals surface area contributed by atoms with Crippen LogP contribution in [0.15, 0.2) is 48.4 Å². The van der Waals surface area contributed by atoms with E-state index in [0.29, 0.717) is 41.3 Å². The molecule has 2 aromatic carbocycles. The van der Waals surface area contributed by atoms with Crippen molar-refractivity contribution >= 4 is 28.2 Å². The van der Waals surface area contributed by atoms with Crippen LogP contribution in [-0.2, 0) is 6.54 Å². The summed E-state index contributed by atoms with van der Waals surface area (Å²) >= 11 is 0. The monoisotopic (exact) mass is 546 g/mol. The lowest BCUT2D eigenvalue weighted by atomic mass is 9.94. The molecular weight excluding hydrogens is 512 g/mol. The minimum atomic E-state index is -0.393. The van der Waals surface area contributed by atoms with Gasteiger partial charge in [0.25, 0.3) is 5.91 Å². The Labute approximate surface area is 240 Å². The molecule has 6 rings (SSSR count). The summed E-state index contributed by atoms with van der Waals surface area (Å²) < 4.78 is 0. The Hall–Kier alpha value is -4.73. The number of hydrogen-bond donors (Lipinski definition) is 4. The Morgan fingerprint density at radius 2 is 2.05 bits per heavy atom. The number of hydrogen-bond acceptors (Lipinski definition) is 8. The molecule has 1 amide bonds. The van der Waals surface area contributed by atoms with Crippen LogP contribution in [0.4, 0.5) is 11.4 Å². The van der Waals surface area contributed by atoms with E-state index in [1.165, 1.54) is 0 Å². The van der Waals surface area contributed by atoms with Gasteiger partial charge in [0.15, 0.2) is 0 Å². The smallest absolute Gasteiger partial charge is 0.254 e. The highest BCUT2D eigenvalue weighted by Gasteiger charge is 2.35. The van der Waals surface area contributed by atoms with Gasteiger partial charge in [0, 0.05) is 49.6 Å². The predicted molar refractivity (Wildman–Crippen MR) is 160 cm³/mol. The van der Waals surface area contributed by atoms with Crippen LogP contribution in [0.1, 0.15) is 72.3 Å². The molecule has 1 saturated carbocycles. The van der Waals surface area contributed by atoms with Crippen LogP contribution >= 0.6 is 0 Å². The number of hydrazine groups is 2. The van der Waals surface area contributed by atoms with Crippen LogP contribution in [0.3, 0.4) is 0 Å². The van der Waals surface area contributed by atoms with E-state index in [-0.39, 0.29) is 11.3 Å². The molecule has 9 nitrogen and oxygen atoms in total. The first-order valence-electron chi connectivity index (χ1n) is 13.9. The fraction of sp³-hybridized carbons (Fsp3) is 0.344. The van der Waals surface area contributed by atoms with Crippen LogP contribution in [0.5, 0.6) is 0 Å². The Morgan fingerprint density at radius 3 is 2.76 bits per heavy atom. The fourth-order valence-electron chi connectivity index (χ4n) is 5.43. The van der Waals surface area contributed by atoms with Crippen molar-refractivity contribution in [1.82, 2.24) is 25.9 Å². The third-order valence-electron chi connectivity index (χ3n) is 7.67. The van der Waals surface area contributed by atoms with Gasteiger partial charge in [-0.05, 0) is 41.5 Å². The summed E-state index contributed by atoms with van der Waals surface area (Å²) in [6.07, 6.45) is 11.8. The second-order valence-corrected chi connectivity index (χ2v) is 12.2. The van der Waals surface area contributed by atoms with Gasteiger partial charge in [-0.2, -0.15) is 5.26 Å². The highest BCUT2D eigenvalue weighted by atomic mass is 16.2. The van der Waals surface area contributed by atoms with E-state index >= 15 is 0 Å². The molecule has 1 fully saturated rings. The molecule has 0 unspecified atom stereocenters. The van der Waals surface area contributed by atoms with Crippen LogP contribution in [0, 0.1) is 29.1 Å². The first-order valence-corrected chi connectivity index (χ1v) is 13.9. The minimum Gasteiger partial charge on any atom is -0.383 e. The number of rotatable bonds is 7. The molecular formula is C32H34N8O. The molecule has 4 N–H and O–H groups in total. The Morgan fingerprint density at radius 1 is 1.24 bits per heavy atom. The van der Waals surface area contributed by atoms with Crippen LogP contribution < -0.4 is 21.6 Å². The lowest BCUT2D eigenvalue weighted by Crippen LogP contribution is -2.38. The molecule has 3 aliphatic rings. The minimum absolute atomic E-state index is 0.000703. The maximum absolute atomic E-state index is 13.3. The summed E-state index contributed by atoms with van der Waals surface area (Å²) in [4.78, 5) is 19.6. The van der Waals surface area contributed by atoms with Gasteiger partial charge in [-0.15, -0.1) is 12.0 Å². The predicted octanol–water partition coefficient (Wildman–Crippen LogP) is 4.61. The van der Waals surface area contributed by atoms with Crippen LogP contribution in [-0.4, -0.2) is 40.4 Å². The molecule has 208 valence electrons. The molecule has 0 saturated heterocycles. The fourth-order valence-corrected chi connectivity index (χ4v) is 5.43. The average Bonchev–Trinajstić information content (AvgIpc) is 3.61. The summed E-state index contributed by atoms with van der Waals surface area (Å²) in [5.41, 5.74) is 13.2. The highest BCUT2D eigenvalue weighted by Crippen LogP contribution is 2.38. The molecule has 2 aliphatic heterocycles. The number of fused-ring (bicyclic) bond motifs is 2. The maximum Gasteiger partial charge on any atom is 0.254 e. The van der Waals surface area contributed by atoms with E-state index in [1.54, 1.807) is 11.1 Å². The summed E-state index contributed by atoms with van der Waals surface area (Å²) in [6.45, 7) is 7.71. The number of nitriles is 1. The molecule has 9 heteroatoms. The van der Waals surface area contributed by atoms with E-state index in [0.717, 1.165) is 46.4 Å². The summed E-state index contributed by atoms with van der Waals surface area (Å²) in [7, 11) is 1.82. The van der Waals surface area contributed by atoms with E-state index in [9.17, 15) is 10.1 Å². The maximum atomic E-state index is 13.3. The topological polar surface area (TPSA) is 108 Å². The number of carbonyl (C=O) groups excluding carboxylic acids is 1. The van der Waals surface area contributed by atoms with Gasteiger partial charge in [0.2, 0.25) is 0 Å².